The van der Waals surface area contributed by atoms with E-state index in [4.69, 9.17) is 0 Å². The largest absolute Gasteiger partial charge is 0.357 e. The van der Waals surface area contributed by atoms with E-state index in [1.54, 1.807) is 0 Å². The fourth-order valence-electron chi connectivity index (χ4n) is 1.82. The summed E-state index contributed by atoms with van der Waals surface area (Å²) in [5.41, 5.74) is 1.25. The minimum absolute atomic E-state index is 0.880. The highest BCUT2D eigenvalue weighted by atomic mass is 15.2. The first kappa shape index (κ1) is 15.5. The molecular weight excluding hydrogens is 238 g/mol. The van der Waals surface area contributed by atoms with Crippen molar-refractivity contribution in [3.05, 3.63) is 18.0 Å². The molecule has 5 nitrogen and oxygen atoms in total. The van der Waals surface area contributed by atoms with Gasteiger partial charge in [0, 0.05) is 32.9 Å². The highest BCUT2D eigenvalue weighted by Crippen LogP contribution is 1.96. The van der Waals surface area contributed by atoms with Crippen LogP contribution in [0, 0.1) is 0 Å². The summed E-state index contributed by atoms with van der Waals surface area (Å²) in [7, 11) is 1.94. The van der Waals surface area contributed by atoms with Gasteiger partial charge in [-0.05, 0) is 25.3 Å². The van der Waals surface area contributed by atoms with E-state index in [0.717, 1.165) is 38.4 Å². The Labute approximate surface area is 116 Å². The Morgan fingerprint density at radius 1 is 1.32 bits per heavy atom. The number of aryl methyl sites for hydroxylation is 1. The molecule has 5 heteroatoms. The summed E-state index contributed by atoms with van der Waals surface area (Å²) in [5, 5.41) is 10.8. The molecule has 0 aliphatic heterocycles. The fraction of sp³-hybridized carbons (Fsp3) is 0.714. The first-order valence-corrected chi connectivity index (χ1v) is 7.26. The highest BCUT2D eigenvalue weighted by molar-refractivity contribution is 5.79. The van der Waals surface area contributed by atoms with E-state index >= 15 is 0 Å². The van der Waals surface area contributed by atoms with Crippen LogP contribution in [0.3, 0.4) is 0 Å². The molecule has 1 heterocycles. The van der Waals surface area contributed by atoms with E-state index in [2.05, 4.69) is 34.6 Å². The first-order chi connectivity index (χ1) is 9.26. The van der Waals surface area contributed by atoms with Crippen molar-refractivity contribution in [2.24, 2.45) is 12.0 Å². The van der Waals surface area contributed by atoms with E-state index in [9.17, 15) is 0 Å². The molecule has 0 fully saturated rings. The van der Waals surface area contributed by atoms with Gasteiger partial charge < -0.3 is 10.6 Å². The van der Waals surface area contributed by atoms with Gasteiger partial charge in [-0.3, -0.25) is 9.67 Å². The Morgan fingerprint density at radius 3 is 2.79 bits per heavy atom. The Hall–Kier alpha value is -1.52. The van der Waals surface area contributed by atoms with Gasteiger partial charge in [-0.15, -0.1) is 0 Å². The molecule has 1 aromatic heterocycles. The number of nitrogens with zero attached hydrogens (tertiary/aromatic N) is 3. The normalized spacial score (nSPS) is 11.6. The monoisotopic (exact) mass is 265 g/mol. The third kappa shape index (κ3) is 6.84. The lowest BCUT2D eigenvalue weighted by Gasteiger charge is -2.10. The van der Waals surface area contributed by atoms with Crippen LogP contribution >= 0.6 is 0 Å². The number of hydrogen-bond acceptors (Lipinski definition) is 2. The number of rotatable bonds is 8. The van der Waals surface area contributed by atoms with Crippen LogP contribution < -0.4 is 10.6 Å². The molecule has 108 valence electrons. The molecule has 0 amide bonds. The van der Waals surface area contributed by atoms with Gasteiger partial charge in [0.25, 0.3) is 0 Å². The zero-order valence-corrected chi connectivity index (χ0v) is 12.4. The summed E-state index contributed by atoms with van der Waals surface area (Å²) in [5.74, 6) is 0.919. The molecule has 0 aliphatic rings. The van der Waals surface area contributed by atoms with Crippen LogP contribution in [-0.4, -0.2) is 35.4 Å². The molecule has 19 heavy (non-hydrogen) atoms. The van der Waals surface area contributed by atoms with Gasteiger partial charge in [0.1, 0.15) is 0 Å². The van der Waals surface area contributed by atoms with Gasteiger partial charge in [-0.1, -0.05) is 19.8 Å². The smallest absolute Gasteiger partial charge is 0.191 e. The summed E-state index contributed by atoms with van der Waals surface area (Å²) in [4.78, 5) is 4.56. The lowest BCUT2D eigenvalue weighted by Crippen LogP contribution is -2.38. The molecule has 0 bridgehead atoms. The molecule has 0 spiro atoms. The second-order valence-electron chi connectivity index (χ2n) is 4.67. The van der Waals surface area contributed by atoms with Gasteiger partial charge in [-0.2, -0.15) is 5.10 Å². The van der Waals surface area contributed by atoms with E-state index in [0.29, 0.717) is 0 Å². The molecule has 0 aliphatic carbocycles. The van der Waals surface area contributed by atoms with Crippen molar-refractivity contribution in [2.45, 2.75) is 39.5 Å². The van der Waals surface area contributed by atoms with Crippen LogP contribution in [0.4, 0.5) is 0 Å². The Balaban J connectivity index is 2.28. The third-order valence-corrected chi connectivity index (χ3v) is 2.84. The zero-order valence-electron chi connectivity index (χ0n) is 12.4. The molecule has 1 rings (SSSR count). The summed E-state index contributed by atoms with van der Waals surface area (Å²) >= 11 is 0. The molecule has 2 N–H and O–H groups in total. The van der Waals surface area contributed by atoms with Crippen molar-refractivity contribution < 1.29 is 0 Å². The van der Waals surface area contributed by atoms with Gasteiger partial charge in [0.05, 0.1) is 6.20 Å². The molecule has 0 saturated carbocycles. The maximum Gasteiger partial charge on any atom is 0.191 e. The van der Waals surface area contributed by atoms with Gasteiger partial charge in [0.15, 0.2) is 5.96 Å². The van der Waals surface area contributed by atoms with Crippen molar-refractivity contribution >= 4 is 5.96 Å². The number of guanidine groups is 1. The summed E-state index contributed by atoms with van der Waals surface area (Å²) < 4.78 is 1.83. The standard InChI is InChI=1S/C14H27N5/c1-4-6-7-9-16-14(15-5-2)17-10-8-13-11-18-19(3)12-13/h11-12H,4-10H2,1-3H3,(H2,15,16,17). The maximum atomic E-state index is 4.56. The van der Waals surface area contributed by atoms with Crippen LogP contribution in [0.5, 0.6) is 0 Å². The second-order valence-corrected chi connectivity index (χ2v) is 4.67. The molecule has 0 unspecified atom stereocenters. The summed E-state index contributed by atoms with van der Waals surface area (Å²) in [6.45, 7) is 6.97. The van der Waals surface area contributed by atoms with Crippen LogP contribution in [0.15, 0.2) is 17.4 Å². The van der Waals surface area contributed by atoms with Gasteiger partial charge in [-0.25, -0.2) is 0 Å². The van der Waals surface area contributed by atoms with Crippen molar-refractivity contribution in [2.75, 3.05) is 19.6 Å². The van der Waals surface area contributed by atoms with Crippen LogP contribution in [0.2, 0.25) is 0 Å². The minimum Gasteiger partial charge on any atom is -0.357 e. The van der Waals surface area contributed by atoms with Crippen molar-refractivity contribution in [1.29, 1.82) is 0 Å². The Bertz CT molecular complexity index is 370. The quantitative estimate of drug-likeness (QED) is 0.427. The van der Waals surface area contributed by atoms with Gasteiger partial charge in [0.2, 0.25) is 0 Å². The second kappa shape index (κ2) is 9.42. The fourth-order valence-corrected chi connectivity index (χ4v) is 1.82. The molecule has 0 radical (unpaired) electrons. The van der Waals surface area contributed by atoms with E-state index in [-0.39, 0.29) is 0 Å². The SMILES string of the molecule is CCCCCN=C(NCC)NCCc1cnn(C)c1. The predicted octanol–water partition coefficient (Wildman–Crippen LogP) is 1.71. The first-order valence-electron chi connectivity index (χ1n) is 7.26. The minimum atomic E-state index is 0.880. The van der Waals surface area contributed by atoms with E-state index in [1.807, 2.05) is 24.1 Å². The Morgan fingerprint density at radius 2 is 2.16 bits per heavy atom. The topological polar surface area (TPSA) is 54.2 Å². The zero-order chi connectivity index (χ0) is 13.9. The van der Waals surface area contributed by atoms with Crippen LogP contribution in [0.25, 0.3) is 0 Å². The Kier molecular flexibility index (Phi) is 7.70. The third-order valence-electron chi connectivity index (χ3n) is 2.84. The molecular formula is C14H27N5. The number of aromatic nitrogens is 2. The lowest BCUT2D eigenvalue weighted by molar-refractivity contribution is 0.716. The average molecular weight is 265 g/mol. The van der Waals surface area contributed by atoms with E-state index in [1.165, 1.54) is 18.4 Å². The lowest BCUT2D eigenvalue weighted by atomic mass is 10.2. The van der Waals surface area contributed by atoms with Crippen LogP contribution in [0.1, 0.15) is 38.7 Å². The van der Waals surface area contributed by atoms with Crippen molar-refractivity contribution in [3.63, 3.8) is 0 Å². The number of nitrogens with one attached hydrogen (secondary N) is 2. The summed E-state index contributed by atoms with van der Waals surface area (Å²) in [6, 6.07) is 0. The molecule has 0 atom stereocenters. The van der Waals surface area contributed by atoms with Crippen molar-refractivity contribution in [3.8, 4) is 0 Å². The predicted molar refractivity (Wildman–Crippen MR) is 80.4 cm³/mol. The molecule has 0 saturated heterocycles. The summed E-state index contributed by atoms with van der Waals surface area (Å²) in [6.07, 6.45) is 8.57. The average Bonchev–Trinajstić information content (AvgIpc) is 2.80. The highest BCUT2D eigenvalue weighted by Gasteiger charge is 1.99. The van der Waals surface area contributed by atoms with Crippen molar-refractivity contribution in [1.82, 2.24) is 20.4 Å². The van der Waals surface area contributed by atoms with Gasteiger partial charge >= 0.3 is 0 Å². The maximum absolute atomic E-state index is 4.56. The number of unbranched alkanes of at least 4 members (excludes halogenated alkanes) is 2. The number of aliphatic imine (C=N–C) groups is 1. The van der Waals surface area contributed by atoms with E-state index < -0.39 is 0 Å². The van der Waals surface area contributed by atoms with Crippen LogP contribution in [-0.2, 0) is 13.5 Å². The number of hydrogen-bond donors (Lipinski definition) is 2. The molecule has 1 aromatic rings. The molecule has 0 aromatic carbocycles.